The van der Waals surface area contributed by atoms with Gasteiger partial charge < -0.3 is 19.9 Å². The molecular formula is C25H26ClF2N5O6S. The molecule has 0 saturated carbocycles. The zero-order valence-corrected chi connectivity index (χ0v) is 23.3. The summed E-state index contributed by atoms with van der Waals surface area (Å²) >= 11 is 6.02. The molecule has 15 heteroatoms. The van der Waals surface area contributed by atoms with Crippen LogP contribution in [0.3, 0.4) is 0 Å². The lowest BCUT2D eigenvalue weighted by Gasteiger charge is -2.23. The second kappa shape index (κ2) is 10.7. The largest absolute Gasteiger partial charge is 0.443 e. The summed E-state index contributed by atoms with van der Waals surface area (Å²) < 4.78 is 56.9. The van der Waals surface area contributed by atoms with Gasteiger partial charge in [-0.05, 0) is 29.3 Å². The number of sulfonamides is 1. The Morgan fingerprint density at radius 1 is 1.05 bits per heavy atom. The topological polar surface area (TPSA) is 152 Å². The molecule has 3 N–H and O–H groups in total. The third kappa shape index (κ3) is 6.24. The van der Waals surface area contributed by atoms with Gasteiger partial charge >= 0.3 is 6.09 Å². The van der Waals surface area contributed by atoms with E-state index in [9.17, 15) is 31.6 Å². The van der Waals surface area contributed by atoms with E-state index in [4.69, 9.17) is 21.5 Å². The first-order chi connectivity index (χ1) is 18.5. The fourth-order valence-corrected chi connectivity index (χ4v) is 4.91. The molecule has 0 fully saturated rings. The summed E-state index contributed by atoms with van der Waals surface area (Å²) in [4.78, 5) is 43.8. The van der Waals surface area contributed by atoms with Crippen molar-refractivity contribution in [3.63, 3.8) is 0 Å². The van der Waals surface area contributed by atoms with E-state index in [0.29, 0.717) is 28.5 Å². The van der Waals surface area contributed by atoms with Gasteiger partial charge in [-0.15, -0.1) is 0 Å². The number of ether oxygens (including phenoxy) is 1. The number of halogens is 3. The number of carbonyl (C=O) groups is 3. The third-order valence-corrected chi connectivity index (χ3v) is 7.46. The number of hydrogen-bond acceptors (Lipinski definition) is 7. The SMILES string of the molecule is CC(C)(C)C(=O)Nc1cc(Cl)cnc1COC(=O)N1CC2=C(C1)CN(C(=O)c1cc(F)c(S(N)(=O)=O)cc1F)C2. The van der Waals surface area contributed by atoms with Crippen molar-refractivity contribution in [1.29, 1.82) is 0 Å². The molecule has 0 radical (unpaired) electrons. The minimum absolute atomic E-state index is 0.0671. The van der Waals surface area contributed by atoms with Crippen molar-refractivity contribution in [3.05, 3.63) is 63.5 Å². The van der Waals surface area contributed by atoms with E-state index < -0.39 is 49.5 Å². The van der Waals surface area contributed by atoms with Gasteiger partial charge in [0.05, 0.1) is 16.3 Å². The Hall–Kier alpha value is -3.62. The van der Waals surface area contributed by atoms with Crippen LogP contribution in [0.1, 0.15) is 36.8 Å². The Morgan fingerprint density at radius 3 is 2.23 bits per heavy atom. The van der Waals surface area contributed by atoms with Crippen LogP contribution < -0.4 is 10.5 Å². The molecule has 2 aliphatic rings. The third-order valence-electron chi connectivity index (χ3n) is 6.33. The number of anilines is 1. The summed E-state index contributed by atoms with van der Waals surface area (Å²) in [7, 11) is -4.51. The van der Waals surface area contributed by atoms with Crippen LogP contribution in [-0.4, -0.2) is 67.3 Å². The van der Waals surface area contributed by atoms with Crippen LogP contribution >= 0.6 is 11.6 Å². The van der Waals surface area contributed by atoms with Crippen LogP contribution in [0.25, 0.3) is 0 Å². The lowest BCUT2D eigenvalue weighted by atomic mass is 9.95. The predicted molar refractivity (Wildman–Crippen MR) is 140 cm³/mol. The van der Waals surface area contributed by atoms with Crippen LogP contribution in [0.5, 0.6) is 0 Å². The summed E-state index contributed by atoms with van der Waals surface area (Å²) in [5.74, 6) is -3.66. The lowest BCUT2D eigenvalue weighted by Crippen LogP contribution is -2.37. The molecule has 4 rings (SSSR count). The monoisotopic (exact) mass is 597 g/mol. The molecule has 214 valence electrons. The minimum atomic E-state index is -4.51. The maximum absolute atomic E-state index is 14.5. The average molecular weight is 598 g/mol. The standard InChI is InChI=1S/C25H26ClF2N5O6S/c1-25(2,3)23(35)31-19-4-15(26)7-30-20(19)12-39-24(36)33-10-13-8-32(9-14(13)11-33)22(34)16-5-18(28)21(6-17(16)27)40(29,37)38/h4-7H,8-12H2,1-3H3,(H,31,35)(H2,29,37,38). The van der Waals surface area contributed by atoms with Gasteiger partial charge in [-0.1, -0.05) is 32.4 Å². The van der Waals surface area contributed by atoms with Crippen molar-refractivity contribution < 1.29 is 36.3 Å². The Labute approximate surface area is 234 Å². The second-order valence-corrected chi connectivity index (χ2v) is 12.4. The number of rotatable bonds is 5. The number of benzene rings is 1. The zero-order valence-electron chi connectivity index (χ0n) is 21.8. The highest BCUT2D eigenvalue weighted by Crippen LogP contribution is 2.29. The Balaban J connectivity index is 1.36. The van der Waals surface area contributed by atoms with Crippen LogP contribution in [0, 0.1) is 17.0 Å². The second-order valence-electron chi connectivity index (χ2n) is 10.4. The normalized spacial score (nSPS) is 15.4. The van der Waals surface area contributed by atoms with Gasteiger partial charge in [0.15, 0.2) is 0 Å². The first-order valence-electron chi connectivity index (χ1n) is 11.9. The lowest BCUT2D eigenvalue weighted by molar-refractivity contribution is -0.123. The van der Waals surface area contributed by atoms with Crippen LogP contribution in [0.15, 0.2) is 40.4 Å². The number of carbonyl (C=O) groups excluding carboxylic acids is 3. The maximum atomic E-state index is 14.5. The smallest absolute Gasteiger partial charge is 0.410 e. The van der Waals surface area contributed by atoms with Crippen molar-refractivity contribution in [2.24, 2.45) is 10.6 Å². The highest BCUT2D eigenvalue weighted by atomic mass is 35.5. The Bertz CT molecular complexity index is 1540. The van der Waals surface area contributed by atoms with Crippen LogP contribution in [0.2, 0.25) is 5.02 Å². The summed E-state index contributed by atoms with van der Waals surface area (Å²) in [6.45, 7) is 5.44. The van der Waals surface area contributed by atoms with Gasteiger partial charge in [-0.3, -0.25) is 14.6 Å². The van der Waals surface area contributed by atoms with Gasteiger partial charge in [0.25, 0.3) is 5.91 Å². The zero-order chi connectivity index (χ0) is 29.6. The fraction of sp³-hybridized carbons (Fsp3) is 0.360. The molecule has 0 unspecified atom stereocenters. The van der Waals surface area contributed by atoms with E-state index >= 15 is 0 Å². The molecule has 0 atom stereocenters. The van der Waals surface area contributed by atoms with E-state index in [1.54, 1.807) is 20.8 Å². The number of primary sulfonamides is 1. The van der Waals surface area contributed by atoms with Crippen molar-refractivity contribution in [2.75, 3.05) is 31.5 Å². The quantitative estimate of drug-likeness (QED) is 0.503. The van der Waals surface area contributed by atoms with E-state index in [1.807, 2.05) is 0 Å². The van der Waals surface area contributed by atoms with Crippen molar-refractivity contribution in [3.8, 4) is 0 Å². The van der Waals surface area contributed by atoms with Crippen LogP contribution in [-0.2, 0) is 26.2 Å². The molecule has 0 bridgehead atoms. The molecular weight excluding hydrogens is 572 g/mol. The van der Waals surface area contributed by atoms with Crippen LogP contribution in [0.4, 0.5) is 19.3 Å². The number of nitrogens with zero attached hydrogens (tertiary/aromatic N) is 3. The molecule has 0 spiro atoms. The van der Waals surface area contributed by atoms with Crippen molar-refractivity contribution in [2.45, 2.75) is 32.3 Å². The highest BCUT2D eigenvalue weighted by Gasteiger charge is 2.36. The molecule has 3 heterocycles. The molecule has 0 aliphatic carbocycles. The molecule has 2 aromatic rings. The number of amides is 3. The fourth-order valence-electron chi connectivity index (χ4n) is 4.16. The Morgan fingerprint density at radius 2 is 1.65 bits per heavy atom. The highest BCUT2D eigenvalue weighted by molar-refractivity contribution is 7.89. The Kier molecular flexibility index (Phi) is 7.89. The molecule has 0 saturated heterocycles. The van der Waals surface area contributed by atoms with Gasteiger partial charge in [0.2, 0.25) is 15.9 Å². The summed E-state index contributed by atoms with van der Waals surface area (Å²) in [5.41, 5.74) is 0.797. The van der Waals surface area contributed by atoms with E-state index in [2.05, 4.69) is 10.3 Å². The van der Waals surface area contributed by atoms with Gasteiger partial charge in [0, 0.05) is 37.8 Å². The molecule has 1 aromatic heterocycles. The molecule has 11 nitrogen and oxygen atoms in total. The van der Waals surface area contributed by atoms with Gasteiger partial charge in [0.1, 0.15) is 28.8 Å². The molecule has 3 amide bonds. The van der Waals surface area contributed by atoms with Crippen molar-refractivity contribution in [1.82, 2.24) is 14.8 Å². The van der Waals surface area contributed by atoms with E-state index in [0.717, 1.165) is 11.1 Å². The summed E-state index contributed by atoms with van der Waals surface area (Å²) in [6.07, 6.45) is 0.718. The van der Waals surface area contributed by atoms with Gasteiger partial charge in [-0.25, -0.2) is 27.1 Å². The predicted octanol–water partition coefficient (Wildman–Crippen LogP) is 3.05. The molecule has 2 aliphatic heterocycles. The molecule has 40 heavy (non-hydrogen) atoms. The van der Waals surface area contributed by atoms with Gasteiger partial charge in [-0.2, -0.15) is 0 Å². The van der Waals surface area contributed by atoms with Crippen molar-refractivity contribution >= 4 is 45.2 Å². The van der Waals surface area contributed by atoms with E-state index in [-0.39, 0.29) is 38.7 Å². The first kappa shape index (κ1) is 29.4. The van der Waals surface area contributed by atoms with E-state index in [1.165, 1.54) is 22.1 Å². The number of nitrogens with one attached hydrogen (secondary N) is 1. The summed E-state index contributed by atoms with van der Waals surface area (Å²) in [6, 6.07) is 2.39. The average Bonchev–Trinajstić information content (AvgIpc) is 3.42. The summed E-state index contributed by atoms with van der Waals surface area (Å²) in [5, 5.41) is 7.91. The maximum Gasteiger partial charge on any atom is 0.410 e. The number of aromatic nitrogens is 1. The first-order valence-corrected chi connectivity index (χ1v) is 13.9. The number of pyridine rings is 1. The minimum Gasteiger partial charge on any atom is -0.443 e. The number of hydrogen-bond donors (Lipinski definition) is 2. The number of nitrogens with two attached hydrogens (primary N) is 1. The molecule has 1 aromatic carbocycles.